The molecule has 1 amide bonds. The van der Waals surface area contributed by atoms with Gasteiger partial charge in [-0.1, -0.05) is 0 Å². The van der Waals surface area contributed by atoms with E-state index >= 15 is 0 Å². The van der Waals surface area contributed by atoms with Gasteiger partial charge in [0.15, 0.2) is 5.58 Å². The van der Waals surface area contributed by atoms with E-state index < -0.39 is 11.7 Å². The van der Waals surface area contributed by atoms with E-state index in [9.17, 15) is 14.4 Å². The SMILES string of the molecule is CCOC(=O)c1ccc(NC(=O)c2ccc3c(c2)oc(=O)n3C)cc1. The summed E-state index contributed by atoms with van der Waals surface area (Å²) in [6.45, 7) is 2.04. The molecule has 25 heavy (non-hydrogen) atoms. The smallest absolute Gasteiger partial charge is 0.419 e. The molecule has 0 unspecified atom stereocenters. The Morgan fingerprint density at radius 2 is 1.80 bits per heavy atom. The van der Waals surface area contributed by atoms with Crippen molar-refractivity contribution in [1.82, 2.24) is 4.57 Å². The van der Waals surface area contributed by atoms with Gasteiger partial charge in [-0.2, -0.15) is 0 Å². The summed E-state index contributed by atoms with van der Waals surface area (Å²) in [5.41, 5.74) is 2.26. The Bertz CT molecular complexity index is 998. The van der Waals surface area contributed by atoms with Gasteiger partial charge in [0.1, 0.15) is 0 Å². The third kappa shape index (κ3) is 3.30. The van der Waals surface area contributed by atoms with Crippen molar-refractivity contribution < 1.29 is 18.7 Å². The fraction of sp³-hybridized carbons (Fsp3) is 0.167. The van der Waals surface area contributed by atoms with E-state index in [1.54, 1.807) is 50.4 Å². The lowest BCUT2D eigenvalue weighted by atomic mass is 10.1. The maximum atomic E-state index is 12.3. The topological polar surface area (TPSA) is 90.5 Å². The predicted molar refractivity (Wildman–Crippen MR) is 91.8 cm³/mol. The number of aromatic nitrogens is 1. The second-order valence-electron chi connectivity index (χ2n) is 5.36. The van der Waals surface area contributed by atoms with Gasteiger partial charge < -0.3 is 14.5 Å². The molecule has 7 heteroatoms. The molecule has 0 aliphatic rings. The Balaban J connectivity index is 1.78. The van der Waals surface area contributed by atoms with Gasteiger partial charge in [-0.15, -0.1) is 0 Å². The fourth-order valence-electron chi connectivity index (χ4n) is 2.38. The number of hydrogen-bond donors (Lipinski definition) is 1. The predicted octanol–water partition coefficient (Wildman–Crippen LogP) is 2.56. The molecule has 0 fully saturated rings. The van der Waals surface area contributed by atoms with Crippen LogP contribution in [-0.2, 0) is 11.8 Å². The first-order chi connectivity index (χ1) is 12.0. The number of anilines is 1. The van der Waals surface area contributed by atoms with Gasteiger partial charge in [0.2, 0.25) is 0 Å². The van der Waals surface area contributed by atoms with E-state index in [1.165, 1.54) is 10.6 Å². The van der Waals surface area contributed by atoms with Crippen LogP contribution in [0.15, 0.2) is 51.7 Å². The summed E-state index contributed by atoms with van der Waals surface area (Å²) in [4.78, 5) is 35.4. The molecule has 128 valence electrons. The van der Waals surface area contributed by atoms with Crippen molar-refractivity contribution in [2.24, 2.45) is 7.05 Å². The molecule has 0 radical (unpaired) electrons. The number of carbonyl (C=O) groups excluding carboxylic acids is 2. The minimum Gasteiger partial charge on any atom is -0.462 e. The highest BCUT2D eigenvalue weighted by Gasteiger charge is 2.12. The number of hydrogen-bond acceptors (Lipinski definition) is 5. The van der Waals surface area contributed by atoms with Gasteiger partial charge in [0.25, 0.3) is 5.91 Å². The molecule has 0 spiro atoms. The second-order valence-corrected chi connectivity index (χ2v) is 5.36. The Labute approximate surface area is 142 Å². The molecule has 1 heterocycles. The van der Waals surface area contributed by atoms with Gasteiger partial charge in [-0.3, -0.25) is 9.36 Å². The van der Waals surface area contributed by atoms with Gasteiger partial charge >= 0.3 is 11.7 Å². The highest BCUT2D eigenvalue weighted by atomic mass is 16.5. The lowest BCUT2D eigenvalue weighted by Gasteiger charge is -2.06. The Morgan fingerprint density at radius 3 is 2.48 bits per heavy atom. The summed E-state index contributed by atoms with van der Waals surface area (Å²) < 4.78 is 11.4. The first kappa shape index (κ1) is 16.5. The second kappa shape index (κ2) is 6.64. The zero-order valence-electron chi connectivity index (χ0n) is 13.7. The highest BCUT2D eigenvalue weighted by molar-refractivity contribution is 6.06. The van der Waals surface area contributed by atoms with E-state index in [2.05, 4.69) is 5.32 Å². The van der Waals surface area contributed by atoms with E-state index in [-0.39, 0.29) is 5.91 Å². The number of amides is 1. The lowest BCUT2D eigenvalue weighted by Crippen LogP contribution is -2.12. The third-order valence-electron chi connectivity index (χ3n) is 3.71. The molecule has 0 aliphatic heterocycles. The molecule has 3 aromatic rings. The number of rotatable bonds is 4. The van der Waals surface area contributed by atoms with Crippen molar-refractivity contribution >= 4 is 28.7 Å². The third-order valence-corrected chi connectivity index (χ3v) is 3.71. The number of esters is 1. The van der Waals surface area contributed by atoms with Crippen LogP contribution >= 0.6 is 0 Å². The maximum absolute atomic E-state index is 12.3. The average molecular weight is 340 g/mol. The maximum Gasteiger partial charge on any atom is 0.419 e. The molecule has 0 atom stereocenters. The van der Waals surface area contributed by atoms with Crippen LogP contribution in [0.1, 0.15) is 27.6 Å². The van der Waals surface area contributed by atoms with Crippen molar-refractivity contribution in [3.63, 3.8) is 0 Å². The molecule has 0 aliphatic carbocycles. The summed E-state index contributed by atoms with van der Waals surface area (Å²) in [6, 6.07) is 11.2. The summed E-state index contributed by atoms with van der Waals surface area (Å²) in [7, 11) is 1.60. The Morgan fingerprint density at radius 1 is 1.12 bits per heavy atom. The van der Waals surface area contributed by atoms with Crippen LogP contribution < -0.4 is 11.1 Å². The zero-order valence-corrected chi connectivity index (χ0v) is 13.7. The Hall–Kier alpha value is -3.35. The summed E-state index contributed by atoms with van der Waals surface area (Å²) in [5, 5.41) is 2.72. The van der Waals surface area contributed by atoms with Crippen molar-refractivity contribution in [1.29, 1.82) is 0 Å². The number of carbonyl (C=O) groups is 2. The largest absolute Gasteiger partial charge is 0.462 e. The monoisotopic (exact) mass is 340 g/mol. The van der Waals surface area contributed by atoms with Gasteiger partial charge in [-0.25, -0.2) is 9.59 Å². The fourth-order valence-corrected chi connectivity index (χ4v) is 2.38. The minimum absolute atomic E-state index is 0.301. The average Bonchev–Trinajstić information content (AvgIpc) is 2.89. The first-order valence-electron chi connectivity index (χ1n) is 7.67. The molecule has 7 nitrogen and oxygen atoms in total. The van der Waals surface area contributed by atoms with Crippen LogP contribution in [0.3, 0.4) is 0 Å². The number of nitrogens with one attached hydrogen (secondary N) is 1. The number of benzene rings is 2. The van der Waals surface area contributed by atoms with E-state index in [0.29, 0.717) is 34.5 Å². The molecule has 0 saturated carbocycles. The van der Waals surface area contributed by atoms with Crippen molar-refractivity contribution in [3.05, 3.63) is 64.1 Å². The number of oxazole rings is 1. The minimum atomic E-state index is -0.484. The van der Waals surface area contributed by atoms with Crippen LogP contribution in [0.4, 0.5) is 5.69 Å². The zero-order chi connectivity index (χ0) is 18.0. The normalized spacial score (nSPS) is 10.6. The number of fused-ring (bicyclic) bond motifs is 1. The molecule has 2 aromatic carbocycles. The quantitative estimate of drug-likeness (QED) is 0.737. The van der Waals surface area contributed by atoms with Crippen LogP contribution in [0.25, 0.3) is 11.1 Å². The van der Waals surface area contributed by atoms with Gasteiger partial charge in [-0.05, 0) is 49.4 Å². The summed E-state index contributed by atoms with van der Waals surface area (Å²) in [5.74, 6) is -1.25. The van der Waals surface area contributed by atoms with Crippen molar-refractivity contribution in [2.45, 2.75) is 6.92 Å². The Kier molecular flexibility index (Phi) is 4.38. The van der Waals surface area contributed by atoms with E-state index in [0.717, 1.165) is 0 Å². The summed E-state index contributed by atoms with van der Waals surface area (Å²) >= 11 is 0. The van der Waals surface area contributed by atoms with Crippen LogP contribution in [0.5, 0.6) is 0 Å². The molecule has 1 N–H and O–H groups in total. The molecule has 1 aromatic heterocycles. The molecular formula is C18H16N2O5. The van der Waals surface area contributed by atoms with Crippen LogP contribution in [0.2, 0.25) is 0 Å². The number of aryl methyl sites for hydroxylation is 1. The lowest BCUT2D eigenvalue weighted by molar-refractivity contribution is 0.0526. The summed E-state index contributed by atoms with van der Waals surface area (Å²) in [6.07, 6.45) is 0. The number of nitrogens with zero attached hydrogens (tertiary/aromatic N) is 1. The van der Waals surface area contributed by atoms with Gasteiger partial charge in [0.05, 0.1) is 17.7 Å². The first-order valence-corrected chi connectivity index (χ1v) is 7.67. The van der Waals surface area contributed by atoms with Crippen LogP contribution in [0, 0.1) is 0 Å². The standard InChI is InChI=1S/C18H16N2O5/c1-3-24-17(22)11-4-7-13(8-5-11)19-16(21)12-6-9-14-15(10-12)25-18(23)20(14)2/h4-10H,3H2,1-2H3,(H,19,21). The highest BCUT2D eigenvalue weighted by Crippen LogP contribution is 2.16. The van der Waals surface area contributed by atoms with E-state index in [4.69, 9.17) is 9.15 Å². The molecular weight excluding hydrogens is 324 g/mol. The van der Waals surface area contributed by atoms with Crippen molar-refractivity contribution in [3.8, 4) is 0 Å². The number of ether oxygens (including phenoxy) is 1. The molecule has 3 rings (SSSR count). The molecule has 0 bridgehead atoms. The van der Waals surface area contributed by atoms with Gasteiger partial charge in [0, 0.05) is 18.3 Å². The van der Waals surface area contributed by atoms with E-state index in [1.807, 2.05) is 0 Å². The molecule has 0 saturated heterocycles. The van der Waals surface area contributed by atoms with Crippen LogP contribution in [-0.4, -0.2) is 23.1 Å². The van der Waals surface area contributed by atoms with Crippen molar-refractivity contribution in [2.75, 3.05) is 11.9 Å².